The number of hydrogen-bond donors (Lipinski definition) is 0. The molecule has 0 aliphatic rings. The largest absolute Gasteiger partial charge is 0.365 e. The van der Waals surface area contributed by atoms with Crippen molar-refractivity contribution >= 4 is 26.1 Å². The highest BCUT2D eigenvalue weighted by atomic mass is 24.5. The van der Waals surface area contributed by atoms with Crippen molar-refractivity contribution < 1.29 is 4.79 Å². The van der Waals surface area contributed by atoms with E-state index in [1.54, 1.807) is 0 Å². The number of ketones is 1. The summed E-state index contributed by atoms with van der Waals surface area (Å²) in [6.45, 7) is 8.34. The number of carbonyl (C=O) groups is 1. The third kappa shape index (κ3) is 6.50. The predicted molar refractivity (Wildman–Crippen MR) is 59.3 cm³/mol. The molecule has 0 heterocycles. The van der Waals surface area contributed by atoms with Gasteiger partial charge in [-0.25, -0.2) is 0 Å². The van der Waals surface area contributed by atoms with Crippen LogP contribution in [0.4, 0.5) is 0 Å². The van der Waals surface area contributed by atoms with Crippen LogP contribution in [-0.2, 0) is 4.79 Å². The van der Waals surface area contributed by atoms with Gasteiger partial charge in [0.15, 0.2) is 0 Å². The molecule has 13 heavy (non-hydrogen) atoms. The fourth-order valence-corrected chi connectivity index (χ4v) is 3.63. The Morgan fingerprint density at radius 1 is 1.31 bits per heavy atom. The Morgan fingerprint density at radius 3 is 2.38 bits per heavy atom. The Bertz CT molecular complexity index is 143. The van der Waals surface area contributed by atoms with Crippen LogP contribution in [0.3, 0.4) is 0 Å². The molecule has 74 valence electrons. The minimum Gasteiger partial charge on any atom is -0.299 e. The van der Waals surface area contributed by atoms with Crippen LogP contribution >= 0.6 is 0 Å². The molecule has 0 radical (unpaired) electrons. The number of carbonyl (C=O) groups excluding carboxylic acids is 1. The van der Waals surface area contributed by atoms with Crippen LogP contribution in [0.15, 0.2) is 0 Å². The van der Waals surface area contributed by atoms with E-state index in [0.717, 1.165) is 0 Å². The topological polar surface area (TPSA) is 17.1 Å². The number of rotatable bonds is 7. The first kappa shape index (κ1) is 13.4. The molecule has 0 spiro atoms. The van der Waals surface area contributed by atoms with Gasteiger partial charge in [0.1, 0.15) is 5.78 Å². The highest BCUT2D eigenvalue weighted by Gasteiger charge is 2.15. The van der Waals surface area contributed by atoms with E-state index in [2.05, 4.69) is 13.8 Å². The lowest BCUT2D eigenvalue weighted by Crippen LogP contribution is -2.18. The van der Waals surface area contributed by atoms with Crippen LogP contribution in [0.1, 0.15) is 40.5 Å². The Balaban J connectivity index is 3.50. The second kappa shape index (κ2) is 7.80. The smallest absolute Gasteiger partial charge is 0.299 e. The highest BCUT2D eigenvalue weighted by Crippen LogP contribution is 2.11. The number of unbranched alkanes of at least 4 members (excludes halogenated alkanes) is 1. The molecule has 0 bridgehead atoms. The van der Waals surface area contributed by atoms with Gasteiger partial charge in [-0.1, -0.05) is 40.5 Å². The van der Waals surface area contributed by atoms with E-state index in [4.69, 9.17) is 0 Å². The van der Waals surface area contributed by atoms with E-state index in [0.29, 0.717) is 11.7 Å². The van der Waals surface area contributed by atoms with Crippen LogP contribution < -0.4 is 0 Å². The summed E-state index contributed by atoms with van der Waals surface area (Å²) in [5.41, 5.74) is 0. The molecule has 0 aliphatic carbocycles. The first-order chi connectivity index (χ1) is 6.09. The van der Waals surface area contributed by atoms with Crippen LogP contribution in [0, 0.1) is 11.8 Å². The SMILES string of the molecule is CCC[CH2][Mg][CH2]C(C)C(=O)C(C)C. The Kier molecular flexibility index (Phi) is 8.07. The van der Waals surface area contributed by atoms with E-state index < -0.39 is 0 Å². The van der Waals surface area contributed by atoms with Gasteiger partial charge in [-0.15, -0.1) is 9.10 Å². The van der Waals surface area contributed by atoms with Crippen molar-refractivity contribution in [3.05, 3.63) is 0 Å². The zero-order valence-electron chi connectivity index (χ0n) is 9.60. The number of Topliss-reactive ketones (excluding diaryl/α,β-unsaturated/α-hetero) is 1. The minimum atomic E-state index is 0.0573. The maximum absolute atomic E-state index is 11.5. The normalized spacial score (nSPS) is 12.7. The molecule has 0 rings (SSSR count). The third-order valence-corrected chi connectivity index (χ3v) is 4.82. The summed E-state index contributed by atoms with van der Waals surface area (Å²) in [5, 5.41) is 0. The molecule has 1 unspecified atom stereocenters. The molecule has 1 nitrogen and oxygen atoms in total. The third-order valence-electron chi connectivity index (χ3n) is 2.55. The maximum atomic E-state index is 11.5. The molecule has 0 saturated heterocycles. The van der Waals surface area contributed by atoms with Gasteiger partial charge in [0.2, 0.25) is 0 Å². The maximum Gasteiger partial charge on any atom is 0.365 e. The monoisotopic (exact) mass is 194 g/mol. The first-order valence-electron chi connectivity index (χ1n) is 5.63. The molecular formula is C11H22MgO. The fourth-order valence-electron chi connectivity index (χ4n) is 1.59. The molecular weight excluding hydrogens is 172 g/mol. The predicted octanol–water partition coefficient (Wildman–Crippen LogP) is 3.19. The van der Waals surface area contributed by atoms with Crippen molar-refractivity contribution in [1.82, 2.24) is 0 Å². The summed E-state index contributed by atoms with van der Waals surface area (Å²) in [7, 11) is 0. The molecule has 1 atom stereocenters. The van der Waals surface area contributed by atoms with E-state index in [1.165, 1.54) is 21.9 Å². The summed E-state index contributed by atoms with van der Waals surface area (Å²) in [4.78, 5) is 11.5. The average molecular weight is 195 g/mol. The Morgan fingerprint density at radius 2 is 1.92 bits per heavy atom. The van der Waals surface area contributed by atoms with Crippen LogP contribution in [-0.4, -0.2) is 26.1 Å². The summed E-state index contributed by atoms with van der Waals surface area (Å²) in [5.74, 6) is 1.03. The van der Waals surface area contributed by atoms with Crippen LogP contribution in [0.5, 0.6) is 0 Å². The van der Waals surface area contributed by atoms with E-state index >= 15 is 0 Å². The summed E-state index contributed by atoms with van der Waals surface area (Å²) in [6, 6.07) is 0. The molecule has 0 saturated carbocycles. The summed E-state index contributed by atoms with van der Waals surface area (Å²) < 4.78 is 2.64. The van der Waals surface area contributed by atoms with E-state index in [-0.39, 0.29) is 26.3 Å². The van der Waals surface area contributed by atoms with Gasteiger partial charge in [-0.3, -0.25) is 4.79 Å². The van der Waals surface area contributed by atoms with Gasteiger partial charge in [0, 0.05) is 5.92 Å². The molecule has 0 aliphatic heterocycles. The van der Waals surface area contributed by atoms with Crippen molar-refractivity contribution in [3.63, 3.8) is 0 Å². The fraction of sp³-hybridized carbons (Fsp3) is 0.909. The van der Waals surface area contributed by atoms with Crippen LogP contribution in [0.2, 0.25) is 9.10 Å². The van der Waals surface area contributed by atoms with Gasteiger partial charge in [0.25, 0.3) is 0 Å². The molecule has 2 heteroatoms. The van der Waals surface area contributed by atoms with Crippen molar-refractivity contribution in [2.75, 3.05) is 0 Å². The van der Waals surface area contributed by atoms with Crippen molar-refractivity contribution in [3.8, 4) is 0 Å². The van der Waals surface area contributed by atoms with Crippen LogP contribution in [0.25, 0.3) is 0 Å². The first-order valence-corrected chi connectivity index (χ1v) is 7.63. The highest BCUT2D eigenvalue weighted by molar-refractivity contribution is 6.36. The average Bonchev–Trinajstić information content (AvgIpc) is 2.10. The quantitative estimate of drug-likeness (QED) is 0.449. The zero-order valence-corrected chi connectivity index (χ0v) is 11.0. The Labute approximate surface area is 92.4 Å². The van der Waals surface area contributed by atoms with Crippen molar-refractivity contribution in [1.29, 1.82) is 0 Å². The summed E-state index contributed by atoms with van der Waals surface area (Å²) in [6.07, 6.45) is 2.67. The zero-order chi connectivity index (χ0) is 10.3. The second-order valence-electron chi connectivity index (χ2n) is 4.31. The molecule has 0 aromatic carbocycles. The molecule has 0 fully saturated rings. The van der Waals surface area contributed by atoms with E-state index in [1.807, 2.05) is 13.8 Å². The molecule has 0 amide bonds. The lowest BCUT2D eigenvalue weighted by Gasteiger charge is -2.11. The van der Waals surface area contributed by atoms with Gasteiger partial charge in [-0.2, -0.15) is 0 Å². The van der Waals surface area contributed by atoms with E-state index in [9.17, 15) is 4.79 Å². The van der Waals surface area contributed by atoms with Gasteiger partial charge in [-0.05, 0) is 5.92 Å². The second-order valence-corrected chi connectivity index (χ2v) is 6.30. The summed E-state index contributed by atoms with van der Waals surface area (Å²) >= 11 is 0.0573. The molecule has 0 aromatic heterocycles. The molecule has 0 N–H and O–H groups in total. The lowest BCUT2D eigenvalue weighted by atomic mass is 9.99. The molecule has 0 aromatic rings. The Hall–Kier alpha value is 0.436. The van der Waals surface area contributed by atoms with Crippen molar-refractivity contribution in [2.45, 2.75) is 49.6 Å². The van der Waals surface area contributed by atoms with Crippen molar-refractivity contribution in [2.24, 2.45) is 11.8 Å². The number of hydrogen-bond acceptors (Lipinski definition) is 1. The minimum absolute atomic E-state index is 0.0573. The van der Waals surface area contributed by atoms with Gasteiger partial charge < -0.3 is 0 Å². The standard InChI is InChI=1S/C7H13O.C4H9.Mg/c1-5(2)7(8)6(3)4;1-3-4-2;/h5-6H,1H2,2-4H3;1,3-4H2,2H3;. The van der Waals surface area contributed by atoms with Gasteiger partial charge in [0.05, 0.1) is 0 Å². The lowest BCUT2D eigenvalue weighted by molar-refractivity contribution is -0.124. The van der Waals surface area contributed by atoms with Gasteiger partial charge >= 0.3 is 20.4 Å².